The lowest BCUT2D eigenvalue weighted by Crippen LogP contribution is -2.42. The number of aryl methyl sites for hydroxylation is 1. The summed E-state index contributed by atoms with van der Waals surface area (Å²) >= 11 is 0. The van der Waals surface area contributed by atoms with Gasteiger partial charge in [-0.15, -0.1) is 0 Å². The molecular weight excluding hydrogens is 458 g/mol. The highest BCUT2D eigenvalue weighted by atomic mass is 16.5. The summed E-state index contributed by atoms with van der Waals surface area (Å²) < 4.78 is 7.25. The number of methoxy groups -OCH3 is 1. The number of nitrogens with zero attached hydrogens (tertiary/aromatic N) is 4. The molecule has 1 amide bonds. The molecule has 9 heteroatoms. The summed E-state index contributed by atoms with van der Waals surface area (Å²) in [5.74, 6) is -0.370. The van der Waals surface area contributed by atoms with Crippen LogP contribution < -0.4 is 10.2 Å². The Labute approximate surface area is 209 Å². The largest absolute Gasteiger partial charge is 0.481 e. The van der Waals surface area contributed by atoms with Gasteiger partial charge < -0.3 is 19.7 Å². The van der Waals surface area contributed by atoms with Crippen LogP contribution in [0.2, 0.25) is 0 Å². The van der Waals surface area contributed by atoms with Gasteiger partial charge >= 0.3 is 12.1 Å². The number of ether oxygens (including phenoxy) is 1. The number of fused-ring (bicyclic) bond motifs is 3. The number of hydrogen-bond acceptors (Lipinski definition) is 6. The maximum Gasteiger partial charge on any atom is 0.414 e. The van der Waals surface area contributed by atoms with Gasteiger partial charge in [0.1, 0.15) is 0 Å². The Kier molecular flexibility index (Phi) is 6.27. The van der Waals surface area contributed by atoms with Crippen molar-refractivity contribution in [3.05, 3.63) is 47.5 Å². The summed E-state index contributed by atoms with van der Waals surface area (Å²) in [6.07, 6.45) is 3.93. The van der Waals surface area contributed by atoms with Crippen LogP contribution in [0.3, 0.4) is 0 Å². The van der Waals surface area contributed by atoms with Crippen molar-refractivity contribution in [3.8, 4) is 6.07 Å². The Hall–Kier alpha value is -4.06. The number of anilines is 3. The smallest absolute Gasteiger partial charge is 0.414 e. The van der Waals surface area contributed by atoms with E-state index in [1.54, 1.807) is 17.0 Å². The van der Waals surface area contributed by atoms with Gasteiger partial charge in [0.25, 0.3) is 0 Å². The first-order valence-corrected chi connectivity index (χ1v) is 12.3. The molecule has 0 unspecified atom stereocenters. The quantitative estimate of drug-likeness (QED) is 0.507. The first-order valence-electron chi connectivity index (χ1n) is 12.3. The molecule has 0 radical (unpaired) electrons. The molecule has 1 aromatic heterocycles. The molecule has 0 spiro atoms. The minimum atomic E-state index is -0.731. The first kappa shape index (κ1) is 23.7. The number of carbonyl (C=O) groups is 2. The Balaban J connectivity index is 1.60. The molecule has 2 N–H and O–H groups in total. The third-order valence-corrected chi connectivity index (χ3v) is 7.51. The highest BCUT2D eigenvalue weighted by Gasteiger charge is 2.33. The number of nitrogens with one attached hydrogen (secondary N) is 1. The van der Waals surface area contributed by atoms with E-state index in [0.717, 1.165) is 53.7 Å². The Morgan fingerprint density at radius 1 is 1.11 bits per heavy atom. The van der Waals surface area contributed by atoms with Crippen molar-refractivity contribution in [3.63, 3.8) is 0 Å². The van der Waals surface area contributed by atoms with Gasteiger partial charge in [0.05, 0.1) is 41.4 Å². The van der Waals surface area contributed by atoms with E-state index in [4.69, 9.17) is 15.0 Å². The number of aromatic nitrogens is 2. The van der Waals surface area contributed by atoms with E-state index in [9.17, 15) is 14.7 Å². The number of nitriles is 1. The lowest BCUT2D eigenvalue weighted by Gasteiger charge is -2.34. The number of carboxylic acid groups (broad SMARTS) is 1. The molecule has 0 saturated heterocycles. The lowest BCUT2D eigenvalue weighted by atomic mass is 9.86. The maximum absolute atomic E-state index is 12.6. The van der Waals surface area contributed by atoms with Crippen LogP contribution in [0, 0.1) is 17.2 Å². The molecule has 1 saturated carbocycles. The standard InChI is InChI=1S/C27H29N5O4/c1-16-3-12-21-22(31(16)27(35)36-2)13-14-23-24(21)30-26(29-19-8-4-17(15-28)5-9-19)32(23)20-10-6-18(7-11-20)25(33)34/h4-5,8-9,13-14,16,18,20H,3,6-7,10-12H2,1-2H3,(H,29,30)(H,33,34)/t16-,18?,20?/m0/s1. The fraction of sp³-hybridized carbons (Fsp3) is 0.407. The predicted octanol–water partition coefficient (Wildman–Crippen LogP) is 5.37. The molecule has 5 rings (SSSR count). The van der Waals surface area contributed by atoms with E-state index in [-0.39, 0.29) is 24.1 Å². The number of carbonyl (C=O) groups excluding carboxylic acids is 1. The molecule has 36 heavy (non-hydrogen) atoms. The van der Waals surface area contributed by atoms with Crippen LogP contribution in [0.25, 0.3) is 11.0 Å². The predicted molar refractivity (Wildman–Crippen MR) is 135 cm³/mol. The molecule has 1 aliphatic carbocycles. The van der Waals surface area contributed by atoms with E-state index in [1.807, 2.05) is 31.2 Å². The lowest BCUT2D eigenvalue weighted by molar-refractivity contribution is -0.143. The fourth-order valence-electron chi connectivity index (χ4n) is 5.57. The Morgan fingerprint density at radius 3 is 2.47 bits per heavy atom. The molecule has 0 bridgehead atoms. The topological polar surface area (TPSA) is 120 Å². The zero-order chi connectivity index (χ0) is 25.4. The van der Waals surface area contributed by atoms with Gasteiger partial charge in [-0.2, -0.15) is 5.26 Å². The summed E-state index contributed by atoms with van der Waals surface area (Å²) in [5.41, 5.74) is 5.01. The third-order valence-electron chi connectivity index (χ3n) is 7.51. The van der Waals surface area contributed by atoms with Gasteiger partial charge in [-0.05, 0) is 81.8 Å². The van der Waals surface area contributed by atoms with Crippen LogP contribution in [-0.2, 0) is 16.0 Å². The van der Waals surface area contributed by atoms with Gasteiger partial charge in [-0.3, -0.25) is 9.69 Å². The monoisotopic (exact) mass is 487 g/mol. The van der Waals surface area contributed by atoms with E-state index in [1.165, 1.54) is 7.11 Å². The van der Waals surface area contributed by atoms with E-state index in [0.29, 0.717) is 24.4 Å². The Bertz CT molecular complexity index is 1350. The zero-order valence-electron chi connectivity index (χ0n) is 20.4. The number of benzene rings is 2. The molecule has 9 nitrogen and oxygen atoms in total. The number of rotatable bonds is 4. The van der Waals surface area contributed by atoms with E-state index in [2.05, 4.69) is 16.0 Å². The number of hydrogen-bond donors (Lipinski definition) is 2. The van der Waals surface area contributed by atoms with Crippen molar-refractivity contribution in [1.82, 2.24) is 9.55 Å². The molecule has 186 valence electrons. The van der Waals surface area contributed by atoms with Gasteiger partial charge in [0, 0.05) is 23.3 Å². The van der Waals surface area contributed by atoms with Crippen LogP contribution >= 0.6 is 0 Å². The highest BCUT2D eigenvalue weighted by molar-refractivity contribution is 5.96. The molecule has 2 heterocycles. The number of amides is 1. The first-order chi connectivity index (χ1) is 17.4. The summed E-state index contributed by atoms with van der Waals surface area (Å²) in [6.45, 7) is 2.02. The summed E-state index contributed by atoms with van der Waals surface area (Å²) in [6, 6.07) is 13.4. The van der Waals surface area contributed by atoms with Gasteiger partial charge in [-0.25, -0.2) is 9.78 Å². The van der Waals surface area contributed by atoms with Crippen molar-refractivity contribution in [1.29, 1.82) is 5.26 Å². The second kappa shape index (κ2) is 9.53. The minimum absolute atomic E-state index is 0.0204. The van der Waals surface area contributed by atoms with Crippen molar-refractivity contribution in [2.24, 2.45) is 5.92 Å². The van der Waals surface area contributed by atoms with Crippen molar-refractivity contribution in [2.45, 2.75) is 57.5 Å². The van der Waals surface area contributed by atoms with Crippen LogP contribution in [0.1, 0.15) is 56.2 Å². The van der Waals surface area contributed by atoms with Gasteiger partial charge in [0.2, 0.25) is 5.95 Å². The number of aliphatic carboxylic acids is 1. The average molecular weight is 488 g/mol. The van der Waals surface area contributed by atoms with Gasteiger partial charge in [-0.1, -0.05) is 0 Å². The van der Waals surface area contributed by atoms with E-state index >= 15 is 0 Å². The highest BCUT2D eigenvalue weighted by Crippen LogP contribution is 2.41. The zero-order valence-corrected chi connectivity index (χ0v) is 20.4. The molecule has 3 aromatic rings. The number of imidazole rings is 1. The molecule has 1 fully saturated rings. The second-order valence-electron chi connectivity index (χ2n) is 9.62. The fourth-order valence-corrected chi connectivity index (χ4v) is 5.57. The van der Waals surface area contributed by atoms with Crippen molar-refractivity contribution < 1.29 is 19.4 Å². The second-order valence-corrected chi connectivity index (χ2v) is 9.62. The Morgan fingerprint density at radius 2 is 1.83 bits per heavy atom. The van der Waals surface area contributed by atoms with Crippen molar-refractivity contribution in [2.75, 3.05) is 17.3 Å². The molecule has 2 aromatic carbocycles. The van der Waals surface area contributed by atoms with E-state index < -0.39 is 5.97 Å². The molecular formula is C27H29N5O4. The molecule has 1 aliphatic heterocycles. The van der Waals surface area contributed by atoms with Crippen LogP contribution in [0.4, 0.5) is 22.1 Å². The molecule has 1 atom stereocenters. The van der Waals surface area contributed by atoms with Crippen LogP contribution in [-0.4, -0.2) is 39.9 Å². The summed E-state index contributed by atoms with van der Waals surface area (Å²) in [4.78, 5) is 30.8. The van der Waals surface area contributed by atoms with Gasteiger partial charge in [0.15, 0.2) is 0 Å². The van der Waals surface area contributed by atoms with Crippen LogP contribution in [0.5, 0.6) is 0 Å². The van der Waals surface area contributed by atoms with Crippen LogP contribution in [0.15, 0.2) is 36.4 Å². The normalized spacial score (nSPS) is 21.5. The summed E-state index contributed by atoms with van der Waals surface area (Å²) in [7, 11) is 1.39. The maximum atomic E-state index is 12.6. The molecule has 2 aliphatic rings. The van der Waals surface area contributed by atoms with Crippen molar-refractivity contribution >= 4 is 40.4 Å². The SMILES string of the molecule is COC(=O)N1c2ccc3c(nc(Nc4ccc(C#N)cc4)n3C3CCC(C(=O)O)CC3)c2CC[C@@H]1C. The average Bonchev–Trinajstić information content (AvgIpc) is 3.26. The number of carboxylic acids is 1. The third kappa shape index (κ3) is 4.13. The summed E-state index contributed by atoms with van der Waals surface area (Å²) in [5, 5.41) is 22.0. The minimum Gasteiger partial charge on any atom is -0.481 e.